The van der Waals surface area contributed by atoms with Crippen LogP contribution in [-0.4, -0.2) is 61.2 Å². The molecule has 0 spiro atoms. The number of imidazole rings is 1. The van der Waals surface area contributed by atoms with Crippen LogP contribution in [0.25, 0.3) is 22.0 Å². The number of ether oxygens (including phenoxy) is 2. The molecule has 0 fully saturated rings. The van der Waals surface area contributed by atoms with Gasteiger partial charge in [-0.3, -0.25) is 14.8 Å². The highest BCUT2D eigenvalue weighted by molar-refractivity contribution is 7.13. The Morgan fingerprint density at radius 3 is 2.70 bits per heavy atom. The lowest BCUT2D eigenvalue weighted by Crippen LogP contribution is -2.34. The Kier molecular flexibility index (Phi) is 8.90. The molecule has 2 aromatic carbocycles. The minimum absolute atomic E-state index is 0.142. The van der Waals surface area contributed by atoms with Gasteiger partial charge in [-0.2, -0.15) is 5.10 Å². The first-order valence-electron chi connectivity index (χ1n) is 14.4. The number of thiazole rings is 1. The molecule has 15 heteroatoms. The number of carbonyl (C=O) groups is 2. The number of carbonyl (C=O) groups excluding carboxylic acids is 2. The minimum atomic E-state index is -1.06. The fourth-order valence-corrected chi connectivity index (χ4v) is 6.26. The summed E-state index contributed by atoms with van der Waals surface area (Å²) in [6.07, 6.45) is 3.35. The molecule has 240 valence electrons. The van der Waals surface area contributed by atoms with Crippen LogP contribution in [0.1, 0.15) is 38.2 Å². The first-order chi connectivity index (χ1) is 22.0. The number of halogens is 3. The fourth-order valence-electron chi connectivity index (χ4n) is 5.18. The highest BCUT2D eigenvalue weighted by atomic mass is 35.5. The highest BCUT2D eigenvalue weighted by Crippen LogP contribution is 2.40. The van der Waals surface area contributed by atoms with Gasteiger partial charge in [0.15, 0.2) is 11.2 Å². The summed E-state index contributed by atoms with van der Waals surface area (Å²) in [5, 5.41) is 13.6. The zero-order valence-corrected chi connectivity index (χ0v) is 27.4. The van der Waals surface area contributed by atoms with Gasteiger partial charge in [0.05, 0.1) is 35.2 Å². The average molecular weight is 687 g/mol. The quantitative estimate of drug-likeness (QED) is 0.166. The summed E-state index contributed by atoms with van der Waals surface area (Å²) >= 11 is 15.0. The number of rotatable bonds is 9. The molecule has 2 amide bonds. The van der Waals surface area contributed by atoms with Crippen LogP contribution in [0, 0.1) is 0 Å². The van der Waals surface area contributed by atoms with Gasteiger partial charge in [0, 0.05) is 40.8 Å². The number of amides is 2. The van der Waals surface area contributed by atoms with Crippen molar-refractivity contribution in [1.29, 1.82) is 0 Å². The van der Waals surface area contributed by atoms with Gasteiger partial charge in [-0.15, -0.1) is 11.3 Å². The molecule has 0 aliphatic carbocycles. The molecule has 5 aromatic rings. The van der Waals surface area contributed by atoms with Crippen molar-refractivity contribution in [3.63, 3.8) is 0 Å². The van der Waals surface area contributed by atoms with Gasteiger partial charge in [0.25, 0.3) is 5.91 Å². The van der Waals surface area contributed by atoms with Crippen LogP contribution in [0.2, 0.25) is 10.0 Å². The van der Waals surface area contributed by atoms with Crippen LogP contribution in [0.15, 0.2) is 54.4 Å². The predicted molar refractivity (Wildman–Crippen MR) is 175 cm³/mol. The lowest BCUT2D eigenvalue weighted by Gasteiger charge is -2.19. The number of hydrogen-bond acceptors (Lipinski definition) is 8. The van der Waals surface area contributed by atoms with Crippen LogP contribution < -0.4 is 15.4 Å². The molecule has 2 N–H and O–H groups in total. The maximum atomic E-state index is 14.3. The Bertz CT molecular complexity index is 1890. The zero-order chi connectivity index (χ0) is 32.6. The topological polar surface area (TPSA) is 125 Å². The van der Waals surface area contributed by atoms with Crippen molar-refractivity contribution in [2.45, 2.75) is 51.6 Å². The summed E-state index contributed by atoms with van der Waals surface area (Å²) in [6.45, 7) is 6.09. The van der Waals surface area contributed by atoms with Crippen molar-refractivity contribution < 1.29 is 23.5 Å². The molecular formula is C31H30Cl2FN7O4S. The van der Waals surface area contributed by atoms with Crippen LogP contribution in [0.3, 0.4) is 0 Å². The Morgan fingerprint density at radius 1 is 1.20 bits per heavy atom. The van der Waals surface area contributed by atoms with Gasteiger partial charge in [-0.05, 0) is 44.5 Å². The average Bonchev–Trinajstić information content (AvgIpc) is 3.79. The number of benzene rings is 2. The number of nitrogens with zero attached hydrogens (tertiary/aromatic N) is 5. The van der Waals surface area contributed by atoms with Crippen molar-refractivity contribution in [3.05, 3.63) is 75.9 Å². The molecule has 11 nitrogen and oxygen atoms in total. The summed E-state index contributed by atoms with van der Waals surface area (Å²) in [5.74, 6) is 0.162. The fraction of sp³-hybridized carbons (Fsp3) is 0.323. The smallest absolute Gasteiger partial charge is 0.407 e. The maximum Gasteiger partial charge on any atom is 0.407 e. The van der Waals surface area contributed by atoms with Gasteiger partial charge in [-0.25, -0.2) is 19.2 Å². The third-order valence-electron chi connectivity index (χ3n) is 7.13. The monoisotopic (exact) mass is 685 g/mol. The van der Waals surface area contributed by atoms with E-state index >= 15 is 0 Å². The molecule has 4 heterocycles. The van der Waals surface area contributed by atoms with Crippen molar-refractivity contribution in [3.8, 4) is 16.9 Å². The van der Waals surface area contributed by atoms with E-state index in [1.54, 1.807) is 67.6 Å². The summed E-state index contributed by atoms with van der Waals surface area (Å²) in [7, 11) is 0. The van der Waals surface area contributed by atoms with Crippen molar-refractivity contribution in [2.75, 3.05) is 18.5 Å². The van der Waals surface area contributed by atoms with E-state index in [0.29, 0.717) is 48.8 Å². The Labute approximate surface area is 277 Å². The first kappa shape index (κ1) is 31.8. The third kappa shape index (κ3) is 6.81. The molecule has 3 aromatic heterocycles. The van der Waals surface area contributed by atoms with E-state index in [4.69, 9.17) is 37.8 Å². The third-order valence-corrected chi connectivity index (χ3v) is 8.52. The van der Waals surface area contributed by atoms with Crippen molar-refractivity contribution in [1.82, 2.24) is 29.6 Å². The molecule has 0 saturated carbocycles. The van der Waals surface area contributed by atoms with Gasteiger partial charge in [0.2, 0.25) is 0 Å². The lowest BCUT2D eigenvalue weighted by molar-refractivity contribution is -0.118. The van der Waals surface area contributed by atoms with Crippen molar-refractivity contribution >= 4 is 62.6 Å². The molecule has 0 saturated heterocycles. The van der Waals surface area contributed by atoms with Gasteiger partial charge >= 0.3 is 6.09 Å². The summed E-state index contributed by atoms with van der Waals surface area (Å²) in [4.78, 5) is 34.2. The van der Waals surface area contributed by atoms with Crippen LogP contribution in [0.5, 0.6) is 5.75 Å². The van der Waals surface area contributed by atoms with E-state index < -0.39 is 29.8 Å². The molecule has 1 unspecified atom stereocenters. The number of alkyl halides is 1. The minimum Gasteiger partial charge on any atom is -0.492 e. The maximum absolute atomic E-state index is 14.3. The predicted octanol–water partition coefficient (Wildman–Crippen LogP) is 6.69. The molecule has 46 heavy (non-hydrogen) atoms. The molecular weight excluding hydrogens is 656 g/mol. The standard InChI is InChI=1S/C31H30Cl2FN7O4S/c1-31(2,3)45-30(43)36-8-10-44-19-6-4-17(5-7-19)20-13-22(32)21-15-41(39-25(21)24(20)33)27(28(42)38-29-35-9-11-46-29)26-23-12-18(34)14-40(23)16-37-26/h4-7,9,11,13,15-16,18,27H,8,10,12,14H2,1-3H3,(H,36,43)(H,35,38,42)/t18-,27?/m1/s1. The van der Waals surface area contributed by atoms with Crippen molar-refractivity contribution in [2.24, 2.45) is 0 Å². The van der Waals surface area contributed by atoms with Gasteiger partial charge in [-0.1, -0.05) is 35.3 Å². The highest BCUT2D eigenvalue weighted by Gasteiger charge is 2.34. The SMILES string of the molecule is CC(C)(C)OC(=O)NCCOc1ccc(-c2cc(Cl)c3cn(C(C(=O)Nc4nccs4)c4ncn5c4C[C@@H](F)C5)nc3c2Cl)cc1. The second-order valence-electron chi connectivity index (χ2n) is 11.7. The largest absolute Gasteiger partial charge is 0.492 e. The first-order valence-corrected chi connectivity index (χ1v) is 16.1. The molecule has 0 radical (unpaired) electrons. The second-order valence-corrected chi connectivity index (χ2v) is 13.3. The number of anilines is 1. The van der Waals surface area contributed by atoms with Crippen LogP contribution in [0.4, 0.5) is 14.3 Å². The number of alkyl carbamates (subject to hydrolysis) is 1. The number of nitrogens with one attached hydrogen (secondary N) is 2. The summed E-state index contributed by atoms with van der Waals surface area (Å²) in [6, 6.07) is 7.95. The zero-order valence-electron chi connectivity index (χ0n) is 25.1. The van der Waals surface area contributed by atoms with Gasteiger partial charge < -0.3 is 19.4 Å². The molecule has 1 aliphatic heterocycles. The second kappa shape index (κ2) is 12.9. The Hall–Kier alpha value is -4.20. The van der Waals surface area contributed by atoms with E-state index in [2.05, 4.69) is 20.6 Å². The molecule has 1 aliphatic rings. The molecule has 6 rings (SSSR count). The Balaban J connectivity index is 1.25. The molecule has 0 bridgehead atoms. The summed E-state index contributed by atoms with van der Waals surface area (Å²) in [5.41, 5.74) is 2.24. The van der Waals surface area contributed by atoms with E-state index in [-0.39, 0.29) is 26.1 Å². The van der Waals surface area contributed by atoms with Crippen LogP contribution >= 0.6 is 34.5 Å². The van der Waals surface area contributed by atoms with Gasteiger partial charge in [0.1, 0.15) is 29.6 Å². The van der Waals surface area contributed by atoms with E-state index in [1.807, 2.05) is 12.1 Å². The number of fused-ring (bicyclic) bond motifs is 2. The molecule has 2 atom stereocenters. The normalized spacial score (nSPS) is 15.0. The van der Waals surface area contributed by atoms with E-state index in [0.717, 1.165) is 5.56 Å². The van der Waals surface area contributed by atoms with Crippen LogP contribution in [-0.2, 0) is 22.5 Å². The van der Waals surface area contributed by atoms with E-state index in [9.17, 15) is 14.0 Å². The lowest BCUT2D eigenvalue weighted by atomic mass is 10.0. The number of hydrogen-bond donors (Lipinski definition) is 2. The Morgan fingerprint density at radius 2 is 1.98 bits per heavy atom. The summed E-state index contributed by atoms with van der Waals surface area (Å²) < 4.78 is 28.5. The number of aromatic nitrogens is 5. The van der Waals surface area contributed by atoms with E-state index in [1.165, 1.54) is 16.0 Å².